The Morgan fingerprint density at radius 2 is 2.05 bits per heavy atom. The molecule has 2 nitrogen and oxygen atoms in total. The third-order valence-corrected chi connectivity index (χ3v) is 5.11. The van der Waals surface area contributed by atoms with Crippen LogP contribution in [0, 0.1) is 17.8 Å². The molecular formula is C19H30N2. The average Bonchev–Trinajstić information content (AvgIpc) is 2.42. The Balaban J connectivity index is 1.66. The fourth-order valence-corrected chi connectivity index (χ4v) is 3.91. The predicted octanol–water partition coefficient (Wildman–Crippen LogP) is 3.71. The molecule has 0 aromatic heterocycles. The summed E-state index contributed by atoms with van der Waals surface area (Å²) < 4.78 is 0. The van der Waals surface area contributed by atoms with Gasteiger partial charge in [0.25, 0.3) is 0 Å². The van der Waals surface area contributed by atoms with Gasteiger partial charge >= 0.3 is 0 Å². The summed E-state index contributed by atoms with van der Waals surface area (Å²) in [6, 6.07) is 9.80. The molecule has 0 bridgehead atoms. The molecule has 0 amide bonds. The van der Waals surface area contributed by atoms with Crippen molar-refractivity contribution in [2.75, 3.05) is 24.5 Å². The van der Waals surface area contributed by atoms with E-state index in [0.717, 1.165) is 30.3 Å². The third kappa shape index (κ3) is 3.26. The maximum absolute atomic E-state index is 3.66. The van der Waals surface area contributed by atoms with Crippen LogP contribution in [0.2, 0.25) is 0 Å². The summed E-state index contributed by atoms with van der Waals surface area (Å²) in [4.78, 5) is 2.72. The van der Waals surface area contributed by atoms with Crippen molar-refractivity contribution >= 4 is 5.69 Å². The zero-order chi connectivity index (χ0) is 14.8. The standard InChI is InChI=1S/C19H30N2/c1-14(2)11-20-12-17-8-9-19(17)21-13-15(3)10-16-6-4-5-7-18(16)21/h4-7,14-15,17,19-20H,8-13H2,1-3H3. The molecular weight excluding hydrogens is 256 g/mol. The molecule has 1 aromatic carbocycles. The topological polar surface area (TPSA) is 15.3 Å². The van der Waals surface area contributed by atoms with Crippen molar-refractivity contribution in [3.05, 3.63) is 29.8 Å². The first kappa shape index (κ1) is 14.9. The quantitative estimate of drug-likeness (QED) is 0.887. The fourth-order valence-electron chi connectivity index (χ4n) is 3.91. The summed E-state index contributed by atoms with van der Waals surface area (Å²) in [5.41, 5.74) is 3.06. The first-order valence-electron chi connectivity index (χ1n) is 8.70. The zero-order valence-electron chi connectivity index (χ0n) is 13.8. The van der Waals surface area contributed by atoms with Gasteiger partial charge in [-0.1, -0.05) is 39.0 Å². The van der Waals surface area contributed by atoms with Crippen molar-refractivity contribution in [1.29, 1.82) is 0 Å². The molecule has 3 atom stereocenters. The molecule has 0 spiro atoms. The minimum absolute atomic E-state index is 0.749. The highest BCUT2D eigenvalue weighted by Gasteiger charge is 2.37. The van der Waals surface area contributed by atoms with Crippen LogP contribution in [0.3, 0.4) is 0 Å². The molecule has 2 heteroatoms. The lowest BCUT2D eigenvalue weighted by molar-refractivity contribution is 0.223. The van der Waals surface area contributed by atoms with Gasteiger partial charge in [0.1, 0.15) is 0 Å². The first-order valence-corrected chi connectivity index (χ1v) is 8.70. The third-order valence-electron chi connectivity index (χ3n) is 5.11. The Labute approximate surface area is 129 Å². The second kappa shape index (κ2) is 6.39. The van der Waals surface area contributed by atoms with Crippen molar-refractivity contribution in [2.45, 2.75) is 46.1 Å². The molecule has 1 aliphatic carbocycles. The van der Waals surface area contributed by atoms with E-state index < -0.39 is 0 Å². The number of hydrogen-bond donors (Lipinski definition) is 1. The number of rotatable bonds is 5. The van der Waals surface area contributed by atoms with Crippen LogP contribution in [0.15, 0.2) is 24.3 Å². The Morgan fingerprint density at radius 3 is 2.76 bits per heavy atom. The molecule has 1 saturated carbocycles. The summed E-state index contributed by atoms with van der Waals surface area (Å²) in [5.74, 6) is 2.37. The van der Waals surface area contributed by atoms with E-state index in [-0.39, 0.29) is 0 Å². The molecule has 1 aliphatic heterocycles. The minimum Gasteiger partial charge on any atom is -0.368 e. The van der Waals surface area contributed by atoms with Crippen molar-refractivity contribution in [3.63, 3.8) is 0 Å². The monoisotopic (exact) mass is 286 g/mol. The number of nitrogens with zero attached hydrogens (tertiary/aromatic N) is 1. The number of para-hydroxylation sites is 1. The van der Waals surface area contributed by atoms with Gasteiger partial charge in [-0.3, -0.25) is 0 Å². The van der Waals surface area contributed by atoms with Crippen molar-refractivity contribution in [3.8, 4) is 0 Å². The van der Waals surface area contributed by atoms with E-state index in [1.807, 2.05) is 0 Å². The Kier molecular flexibility index (Phi) is 4.54. The smallest absolute Gasteiger partial charge is 0.0401 e. The fraction of sp³-hybridized carbons (Fsp3) is 0.684. The Morgan fingerprint density at radius 1 is 1.24 bits per heavy atom. The number of nitrogens with one attached hydrogen (secondary N) is 1. The van der Waals surface area contributed by atoms with Crippen LogP contribution >= 0.6 is 0 Å². The molecule has 0 radical (unpaired) electrons. The second-order valence-electron chi connectivity index (χ2n) is 7.55. The van der Waals surface area contributed by atoms with Gasteiger partial charge in [-0.2, -0.15) is 0 Å². The lowest BCUT2D eigenvalue weighted by Crippen LogP contribution is -2.53. The molecule has 2 aliphatic rings. The van der Waals surface area contributed by atoms with Gasteiger partial charge < -0.3 is 10.2 Å². The summed E-state index contributed by atoms with van der Waals surface area (Å²) in [7, 11) is 0. The molecule has 0 saturated heterocycles. The SMILES string of the molecule is CC(C)CNCC1CCC1N1CC(C)Cc2ccccc21. The Hall–Kier alpha value is -1.02. The molecule has 1 N–H and O–H groups in total. The highest BCUT2D eigenvalue weighted by Crippen LogP contribution is 2.39. The van der Waals surface area contributed by atoms with Crippen LogP contribution in [0.1, 0.15) is 39.2 Å². The van der Waals surface area contributed by atoms with Gasteiger partial charge in [-0.25, -0.2) is 0 Å². The van der Waals surface area contributed by atoms with E-state index in [9.17, 15) is 0 Å². The van der Waals surface area contributed by atoms with Gasteiger partial charge in [0.2, 0.25) is 0 Å². The number of anilines is 1. The van der Waals surface area contributed by atoms with Crippen molar-refractivity contribution in [1.82, 2.24) is 5.32 Å². The van der Waals surface area contributed by atoms with Crippen molar-refractivity contribution in [2.24, 2.45) is 17.8 Å². The zero-order valence-corrected chi connectivity index (χ0v) is 13.8. The molecule has 3 rings (SSSR count). The number of hydrogen-bond acceptors (Lipinski definition) is 2. The largest absolute Gasteiger partial charge is 0.368 e. The summed E-state index contributed by atoms with van der Waals surface area (Å²) in [6.45, 7) is 10.5. The van der Waals surface area contributed by atoms with Gasteiger partial charge in [-0.05, 0) is 61.7 Å². The Bertz CT molecular complexity index is 468. The molecule has 21 heavy (non-hydrogen) atoms. The summed E-state index contributed by atoms with van der Waals surface area (Å²) in [5, 5.41) is 3.66. The average molecular weight is 286 g/mol. The van der Waals surface area contributed by atoms with Gasteiger partial charge in [-0.15, -0.1) is 0 Å². The summed E-state index contributed by atoms with van der Waals surface area (Å²) in [6.07, 6.45) is 4.01. The normalized spacial score (nSPS) is 28.4. The van der Waals surface area contributed by atoms with Crippen LogP contribution in [-0.4, -0.2) is 25.7 Å². The molecule has 116 valence electrons. The summed E-state index contributed by atoms with van der Waals surface area (Å²) >= 11 is 0. The van der Waals surface area contributed by atoms with E-state index in [1.165, 1.54) is 38.0 Å². The predicted molar refractivity (Wildman–Crippen MR) is 90.9 cm³/mol. The number of fused-ring (bicyclic) bond motifs is 1. The molecule has 1 heterocycles. The lowest BCUT2D eigenvalue weighted by atomic mass is 9.76. The maximum Gasteiger partial charge on any atom is 0.0401 e. The highest BCUT2D eigenvalue weighted by atomic mass is 15.2. The van der Waals surface area contributed by atoms with Gasteiger partial charge in [0.05, 0.1) is 0 Å². The van der Waals surface area contributed by atoms with Crippen LogP contribution in [0.4, 0.5) is 5.69 Å². The molecule has 3 unspecified atom stereocenters. The van der Waals surface area contributed by atoms with Gasteiger partial charge in [0, 0.05) is 18.3 Å². The van der Waals surface area contributed by atoms with E-state index in [2.05, 4.69) is 55.3 Å². The highest BCUT2D eigenvalue weighted by molar-refractivity contribution is 5.57. The molecule has 1 aromatic rings. The van der Waals surface area contributed by atoms with Gasteiger partial charge in [0.15, 0.2) is 0 Å². The first-order chi connectivity index (χ1) is 10.1. The lowest BCUT2D eigenvalue weighted by Gasteiger charge is -2.49. The number of benzene rings is 1. The molecule has 1 fully saturated rings. The van der Waals surface area contributed by atoms with E-state index in [0.29, 0.717) is 0 Å². The maximum atomic E-state index is 3.66. The van der Waals surface area contributed by atoms with Crippen LogP contribution < -0.4 is 10.2 Å². The van der Waals surface area contributed by atoms with E-state index in [1.54, 1.807) is 5.56 Å². The van der Waals surface area contributed by atoms with Crippen molar-refractivity contribution < 1.29 is 0 Å². The van der Waals surface area contributed by atoms with Crippen LogP contribution in [-0.2, 0) is 6.42 Å². The second-order valence-corrected chi connectivity index (χ2v) is 7.55. The van der Waals surface area contributed by atoms with E-state index in [4.69, 9.17) is 0 Å². The van der Waals surface area contributed by atoms with Crippen LogP contribution in [0.5, 0.6) is 0 Å². The minimum atomic E-state index is 0.749. The van der Waals surface area contributed by atoms with E-state index >= 15 is 0 Å². The van der Waals surface area contributed by atoms with Crippen LogP contribution in [0.25, 0.3) is 0 Å².